The highest BCUT2D eigenvalue weighted by molar-refractivity contribution is 5.34. The van der Waals surface area contributed by atoms with Crippen LogP contribution in [0.15, 0.2) is 6.07 Å². The highest BCUT2D eigenvalue weighted by Crippen LogP contribution is 2.22. The van der Waals surface area contributed by atoms with E-state index in [4.69, 9.17) is 0 Å². The predicted octanol–water partition coefficient (Wildman–Crippen LogP) is 2.56. The number of hydrogen-bond acceptors (Lipinski definition) is 3. The second-order valence-electron chi connectivity index (χ2n) is 3.41. The minimum absolute atomic E-state index is 0.141. The second kappa shape index (κ2) is 3.69. The molecule has 0 fully saturated rings. The molecule has 5 heteroatoms. The van der Waals surface area contributed by atoms with Gasteiger partial charge in [0.2, 0.25) is 0 Å². The minimum atomic E-state index is -0.597. The van der Waals surface area contributed by atoms with Gasteiger partial charge in [0, 0.05) is 11.5 Å². The van der Waals surface area contributed by atoms with E-state index in [-0.39, 0.29) is 23.0 Å². The topological polar surface area (TPSA) is 56.0 Å². The van der Waals surface area contributed by atoms with Gasteiger partial charge in [0.15, 0.2) is 11.5 Å². The zero-order chi connectivity index (χ0) is 10.9. The Hall–Kier alpha value is -1.52. The molecule has 0 aromatic carbocycles. The van der Waals surface area contributed by atoms with Crippen LogP contribution in [0.1, 0.15) is 31.0 Å². The first kappa shape index (κ1) is 10.6. The monoisotopic (exact) mass is 198 g/mol. The summed E-state index contributed by atoms with van der Waals surface area (Å²) in [5.74, 6) is -0.910. The van der Waals surface area contributed by atoms with Crippen molar-refractivity contribution in [3.63, 3.8) is 0 Å². The van der Waals surface area contributed by atoms with E-state index in [2.05, 4.69) is 4.98 Å². The molecule has 14 heavy (non-hydrogen) atoms. The Bertz CT molecular complexity index is 377. The molecule has 1 aromatic heterocycles. The average molecular weight is 198 g/mol. The largest absolute Gasteiger partial charge is 0.366 e. The van der Waals surface area contributed by atoms with Crippen molar-refractivity contribution in [1.82, 2.24) is 4.98 Å². The van der Waals surface area contributed by atoms with Gasteiger partial charge in [-0.3, -0.25) is 0 Å². The molecule has 0 N–H and O–H groups in total. The van der Waals surface area contributed by atoms with Gasteiger partial charge in [-0.25, -0.2) is 4.39 Å². The van der Waals surface area contributed by atoms with Gasteiger partial charge in [-0.05, 0) is 22.9 Å². The molecule has 0 atom stereocenters. The van der Waals surface area contributed by atoms with Crippen LogP contribution in [0.4, 0.5) is 10.2 Å². The number of rotatable bonds is 2. The zero-order valence-electron chi connectivity index (χ0n) is 8.24. The van der Waals surface area contributed by atoms with Gasteiger partial charge in [-0.1, -0.05) is 13.8 Å². The summed E-state index contributed by atoms with van der Waals surface area (Å²) in [5, 5.41) is 10.5. The summed E-state index contributed by atoms with van der Waals surface area (Å²) in [4.78, 5) is 13.6. The fourth-order valence-corrected chi connectivity index (χ4v) is 1.17. The standard InChI is InChI=1S/C9H11FN2O2/c1-5(2)8-7(10)4-6(3)9(11-8)12(13)14/h4-5H,1-3H3. The first-order valence-corrected chi connectivity index (χ1v) is 4.25. The molecule has 0 spiro atoms. The second-order valence-corrected chi connectivity index (χ2v) is 3.41. The van der Waals surface area contributed by atoms with E-state index in [1.54, 1.807) is 13.8 Å². The molecule has 0 saturated heterocycles. The van der Waals surface area contributed by atoms with E-state index in [9.17, 15) is 14.5 Å². The number of pyridine rings is 1. The first-order valence-electron chi connectivity index (χ1n) is 4.25. The summed E-state index contributed by atoms with van der Waals surface area (Å²) in [5.41, 5.74) is 0.388. The lowest BCUT2D eigenvalue weighted by atomic mass is 10.1. The highest BCUT2D eigenvalue weighted by atomic mass is 19.1. The summed E-state index contributed by atoms with van der Waals surface area (Å²) in [6.07, 6.45) is 0. The fraction of sp³-hybridized carbons (Fsp3) is 0.444. The Balaban J connectivity index is 3.34. The smallest absolute Gasteiger partial charge is 0.358 e. The van der Waals surface area contributed by atoms with Gasteiger partial charge < -0.3 is 10.1 Å². The van der Waals surface area contributed by atoms with E-state index in [1.165, 1.54) is 6.92 Å². The Kier molecular flexibility index (Phi) is 2.78. The van der Waals surface area contributed by atoms with E-state index in [0.29, 0.717) is 0 Å². The minimum Gasteiger partial charge on any atom is -0.358 e. The van der Waals surface area contributed by atoms with Crippen molar-refractivity contribution in [2.45, 2.75) is 26.7 Å². The van der Waals surface area contributed by atoms with Crippen molar-refractivity contribution in [1.29, 1.82) is 0 Å². The fourth-order valence-electron chi connectivity index (χ4n) is 1.17. The molecule has 0 amide bonds. The van der Waals surface area contributed by atoms with Crippen LogP contribution in [0.2, 0.25) is 0 Å². The lowest BCUT2D eigenvalue weighted by molar-refractivity contribution is -0.390. The molecule has 1 aromatic rings. The van der Waals surface area contributed by atoms with Crippen molar-refractivity contribution in [2.24, 2.45) is 0 Å². The maximum Gasteiger partial charge on any atom is 0.366 e. The molecule has 0 radical (unpaired) electrons. The molecule has 0 unspecified atom stereocenters. The van der Waals surface area contributed by atoms with Gasteiger partial charge >= 0.3 is 5.82 Å². The summed E-state index contributed by atoms with van der Waals surface area (Å²) < 4.78 is 13.3. The Morgan fingerprint density at radius 1 is 1.57 bits per heavy atom. The molecule has 1 heterocycles. The van der Waals surface area contributed by atoms with Gasteiger partial charge in [-0.2, -0.15) is 0 Å². The molecule has 0 saturated carbocycles. The van der Waals surface area contributed by atoms with Crippen LogP contribution in [-0.4, -0.2) is 9.91 Å². The van der Waals surface area contributed by atoms with Gasteiger partial charge in [0.25, 0.3) is 0 Å². The Morgan fingerprint density at radius 3 is 2.57 bits per heavy atom. The maximum atomic E-state index is 13.3. The number of nitro groups is 1. The molecule has 76 valence electrons. The van der Waals surface area contributed by atoms with Crippen LogP contribution in [0.3, 0.4) is 0 Å². The van der Waals surface area contributed by atoms with Crippen molar-refractivity contribution in [3.05, 3.63) is 33.3 Å². The van der Waals surface area contributed by atoms with Crippen molar-refractivity contribution < 1.29 is 9.31 Å². The number of halogens is 1. The van der Waals surface area contributed by atoms with Crippen LogP contribution in [-0.2, 0) is 0 Å². The molecule has 0 bridgehead atoms. The van der Waals surface area contributed by atoms with Crippen molar-refractivity contribution in [2.75, 3.05) is 0 Å². The number of aryl methyl sites for hydroxylation is 1. The first-order chi connectivity index (χ1) is 6.43. The summed E-state index contributed by atoms with van der Waals surface area (Å²) in [6.45, 7) is 4.95. The van der Waals surface area contributed by atoms with Crippen molar-refractivity contribution >= 4 is 5.82 Å². The lowest BCUT2D eigenvalue weighted by Gasteiger charge is -2.03. The molecule has 1 rings (SSSR count). The van der Waals surface area contributed by atoms with Crippen LogP contribution in [0.25, 0.3) is 0 Å². The van der Waals surface area contributed by atoms with E-state index in [0.717, 1.165) is 6.07 Å². The van der Waals surface area contributed by atoms with Crippen LogP contribution < -0.4 is 0 Å². The normalized spacial score (nSPS) is 10.6. The van der Waals surface area contributed by atoms with Gasteiger partial charge in [0.1, 0.15) is 0 Å². The van der Waals surface area contributed by atoms with Gasteiger partial charge in [-0.15, -0.1) is 0 Å². The third kappa shape index (κ3) is 1.86. The number of hydrogen-bond donors (Lipinski definition) is 0. The van der Waals surface area contributed by atoms with Crippen LogP contribution in [0.5, 0.6) is 0 Å². The zero-order valence-corrected chi connectivity index (χ0v) is 8.24. The summed E-state index contributed by atoms with van der Waals surface area (Å²) in [7, 11) is 0. The number of aromatic nitrogens is 1. The molecular weight excluding hydrogens is 187 g/mol. The Labute approximate surface area is 80.9 Å². The summed E-state index contributed by atoms with van der Waals surface area (Å²) >= 11 is 0. The third-order valence-electron chi connectivity index (χ3n) is 1.89. The quantitative estimate of drug-likeness (QED) is 0.542. The molecule has 0 aliphatic heterocycles. The molecular formula is C9H11FN2O2. The highest BCUT2D eigenvalue weighted by Gasteiger charge is 2.21. The van der Waals surface area contributed by atoms with Gasteiger partial charge in [0.05, 0.1) is 0 Å². The Morgan fingerprint density at radius 2 is 2.14 bits per heavy atom. The number of nitrogens with zero attached hydrogens (tertiary/aromatic N) is 2. The van der Waals surface area contributed by atoms with E-state index >= 15 is 0 Å². The van der Waals surface area contributed by atoms with Crippen LogP contribution >= 0.6 is 0 Å². The average Bonchev–Trinajstić information content (AvgIpc) is 2.02. The lowest BCUT2D eigenvalue weighted by Crippen LogP contribution is -2.03. The molecule has 0 aliphatic carbocycles. The summed E-state index contributed by atoms with van der Waals surface area (Å²) in [6, 6.07) is 1.15. The molecule has 4 nitrogen and oxygen atoms in total. The van der Waals surface area contributed by atoms with Crippen LogP contribution in [0, 0.1) is 22.9 Å². The van der Waals surface area contributed by atoms with Crippen molar-refractivity contribution in [3.8, 4) is 0 Å². The maximum absolute atomic E-state index is 13.3. The SMILES string of the molecule is Cc1cc(F)c(C(C)C)nc1[N+](=O)[O-]. The predicted molar refractivity (Wildman–Crippen MR) is 49.7 cm³/mol. The third-order valence-corrected chi connectivity index (χ3v) is 1.89. The van der Waals surface area contributed by atoms with E-state index < -0.39 is 10.7 Å². The molecule has 0 aliphatic rings. The van der Waals surface area contributed by atoms with E-state index in [1.807, 2.05) is 0 Å².